The molecule has 1 aliphatic carbocycles. The molecule has 0 atom stereocenters. The lowest BCUT2D eigenvalue weighted by atomic mass is 10.2. The predicted molar refractivity (Wildman–Crippen MR) is 61.0 cm³/mol. The van der Waals surface area contributed by atoms with Gasteiger partial charge in [0.15, 0.2) is 0 Å². The van der Waals surface area contributed by atoms with Crippen LogP contribution < -0.4 is 28.5 Å². The molecule has 0 aromatic carbocycles. The van der Waals surface area contributed by atoms with Gasteiger partial charge in [0, 0.05) is 12.6 Å². The van der Waals surface area contributed by atoms with Gasteiger partial charge in [0.05, 0.1) is 7.05 Å². The highest BCUT2D eigenvalue weighted by molar-refractivity contribution is 5.76. The molecule has 0 aliphatic heterocycles. The van der Waals surface area contributed by atoms with Crippen LogP contribution in [0.3, 0.4) is 0 Å². The number of nitrogens with zero attached hydrogens (tertiary/aromatic N) is 3. The van der Waals surface area contributed by atoms with Crippen molar-refractivity contribution in [2.24, 2.45) is 7.05 Å². The zero-order valence-corrected chi connectivity index (χ0v) is 12.6. The summed E-state index contributed by atoms with van der Waals surface area (Å²) < 4.78 is 3.56. The molecule has 1 aliphatic rings. The first-order valence-corrected chi connectivity index (χ1v) is 6.06. The Hall–Kier alpha value is -0.590. The number of aryl methyl sites for hydroxylation is 1. The number of rotatable bonds is 2. The van der Waals surface area contributed by atoms with Gasteiger partial charge in [0.25, 0.3) is 6.33 Å². The highest BCUT2D eigenvalue weighted by Gasteiger charge is 2.28. The SMILES string of the molecule is CCN(C(=O)n1cc[n+](C)c1)C1CCCC1.[I-]. The fourth-order valence-electron chi connectivity index (χ4n) is 2.48. The van der Waals surface area contributed by atoms with Gasteiger partial charge in [-0.1, -0.05) is 12.8 Å². The fraction of sp³-hybridized carbons (Fsp3) is 0.667. The van der Waals surface area contributed by atoms with E-state index in [0.29, 0.717) is 6.04 Å². The minimum absolute atomic E-state index is 0. The Morgan fingerprint density at radius 3 is 2.59 bits per heavy atom. The standard InChI is InChI=1S/C12H20N3O.HI/c1-3-15(11-6-4-5-7-11)12(16)14-9-8-13(2)10-14;/h8-11H,3-7H2,1-2H3;1H/q+1;/p-1. The van der Waals surface area contributed by atoms with E-state index in [1.54, 1.807) is 4.57 Å². The van der Waals surface area contributed by atoms with Gasteiger partial charge in [-0.25, -0.2) is 9.36 Å². The van der Waals surface area contributed by atoms with Crippen LogP contribution in [0.1, 0.15) is 32.6 Å². The number of carbonyl (C=O) groups excluding carboxylic acids is 1. The molecule has 1 heterocycles. The van der Waals surface area contributed by atoms with E-state index in [2.05, 4.69) is 6.92 Å². The van der Waals surface area contributed by atoms with E-state index in [0.717, 1.165) is 19.4 Å². The minimum atomic E-state index is 0. The maximum Gasteiger partial charge on any atom is 0.416 e. The summed E-state index contributed by atoms with van der Waals surface area (Å²) in [7, 11) is 1.93. The van der Waals surface area contributed by atoms with Crippen LogP contribution in [-0.4, -0.2) is 28.1 Å². The lowest BCUT2D eigenvalue weighted by molar-refractivity contribution is -0.670. The summed E-state index contributed by atoms with van der Waals surface area (Å²) >= 11 is 0. The maximum atomic E-state index is 12.3. The second-order valence-corrected chi connectivity index (χ2v) is 4.49. The number of amides is 1. The Bertz CT molecular complexity index is 372. The van der Waals surface area contributed by atoms with Gasteiger partial charge in [-0.05, 0) is 19.8 Å². The third kappa shape index (κ3) is 3.20. The lowest BCUT2D eigenvalue weighted by Gasteiger charge is -2.24. The van der Waals surface area contributed by atoms with E-state index in [4.69, 9.17) is 0 Å². The molecule has 5 heteroatoms. The zero-order chi connectivity index (χ0) is 11.5. The highest BCUT2D eigenvalue weighted by Crippen LogP contribution is 2.23. The van der Waals surface area contributed by atoms with Crippen molar-refractivity contribution < 1.29 is 33.3 Å². The molecule has 96 valence electrons. The highest BCUT2D eigenvalue weighted by atomic mass is 127. The van der Waals surface area contributed by atoms with Crippen molar-refractivity contribution in [3.8, 4) is 0 Å². The van der Waals surface area contributed by atoms with Crippen LogP contribution >= 0.6 is 0 Å². The van der Waals surface area contributed by atoms with Crippen LogP contribution in [0.15, 0.2) is 18.7 Å². The number of imidazole rings is 1. The molecule has 1 aromatic heterocycles. The largest absolute Gasteiger partial charge is 1.00 e. The Morgan fingerprint density at radius 2 is 2.12 bits per heavy atom. The average molecular weight is 349 g/mol. The molecule has 0 spiro atoms. The molecule has 1 amide bonds. The molecular weight excluding hydrogens is 329 g/mol. The fourth-order valence-corrected chi connectivity index (χ4v) is 2.48. The molecule has 0 unspecified atom stereocenters. The van der Waals surface area contributed by atoms with Crippen molar-refractivity contribution in [3.63, 3.8) is 0 Å². The minimum Gasteiger partial charge on any atom is -1.00 e. The van der Waals surface area contributed by atoms with Crippen LogP contribution in [0.5, 0.6) is 0 Å². The first kappa shape index (κ1) is 14.5. The number of aromatic nitrogens is 2. The van der Waals surface area contributed by atoms with E-state index in [1.165, 1.54) is 12.8 Å². The Morgan fingerprint density at radius 1 is 1.47 bits per heavy atom. The number of hydrogen-bond acceptors (Lipinski definition) is 1. The quantitative estimate of drug-likeness (QED) is 0.475. The van der Waals surface area contributed by atoms with Crippen LogP contribution in [0, 0.1) is 0 Å². The van der Waals surface area contributed by atoms with E-state index < -0.39 is 0 Å². The normalized spacial score (nSPS) is 15.6. The first-order chi connectivity index (χ1) is 7.72. The summed E-state index contributed by atoms with van der Waals surface area (Å²) in [6.07, 6.45) is 10.4. The molecule has 1 fully saturated rings. The summed E-state index contributed by atoms with van der Waals surface area (Å²) in [5.74, 6) is 0. The molecule has 0 N–H and O–H groups in total. The Kier molecular flexibility index (Phi) is 5.42. The van der Waals surface area contributed by atoms with E-state index in [1.807, 2.05) is 35.2 Å². The molecule has 2 rings (SSSR count). The summed E-state index contributed by atoms with van der Waals surface area (Å²) in [5.41, 5.74) is 0. The van der Waals surface area contributed by atoms with Crippen molar-refractivity contribution >= 4 is 6.03 Å². The second-order valence-electron chi connectivity index (χ2n) is 4.49. The molecule has 4 nitrogen and oxygen atoms in total. The second kappa shape index (κ2) is 6.37. The summed E-state index contributed by atoms with van der Waals surface area (Å²) in [6.45, 7) is 2.85. The van der Waals surface area contributed by atoms with Gasteiger partial charge in [-0.15, -0.1) is 0 Å². The Balaban J connectivity index is 0.00000144. The van der Waals surface area contributed by atoms with E-state index in [9.17, 15) is 4.79 Å². The zero-order valence-electron chi connectivity index (χ0n) is 10.5. The van der Waals surface area contributed by atoms with Gasteiger partial charge >= 0.3 is 6.03 Å². The first-order valence-electron chi connectivity index (χ1n) is 6.06. The third-order valence-electron chi connectivity index (χ3n) is 3.34. The molecule has 0 saturated heterocycles. The molecule has 17 heavy (non-hydrogen) atoms. The van der Waals surface area contributed by atoms with Crippen LogP contribution in [0.2, 0.25) is 0 Å². The molecular formula is C12H20IN3O. The molecule has 1 saturated carbocycles. The van der Waals surface area contributed by atoms with Crippen molar-refractivity contribution in [2.75, 3.05) is 6.54 Å². The molecule has 1 aromatic rings. The molecule has 0 bridgehead atoms. The van der Waals surface area contributed by atoms with Crippen molar-refractivity contribution in [3.05, 3.63) is 18.7 Å². The van der Waals surface area contributed by atoms with E-state index in [-0.39, 0.29) is 30.0 Å². The molecule has 0 radical (unpaired) electrons. The van der Waals surface area contributed by atoms with E-state index >= 15 is 0 Å². The van der Waals surface area contributed by atoms with Crippen molar-refractivity contribution in [2.45, 2.75) is 38.6 Å². The van der Waals surface area contributed by atoms with Gasteiger partial charge in [0.2, 0.25) is 0 Å². The summed E-state index contributed by atoms with van der Waals surface area (Å²) in [6, 6.07) is 0.556. The van der Waals surface area contributed by atoms with Crippen LogP contribution in [-0.2, 0) is 7.05 Å². The Labute approximate surface area is 120 Å². The third-order valence-corrected chi connectivity index (χ3v) is 3.34. The van der Waals surface area contributed by atoms with Crippen molar-refractivity contribution in [1.29, 1.82) is 0 Å². The summed E-state index contributed by atoms with van der Waals surface area (Å²) in [5, 5.41) is 0. The van der Waals surface area contributed by atoms with Gasteiger partial charge in [-0.2, -0.15) is 4.57 Å². The monoisotopic (exact) mass is 349 g/mol. The predicted octanol–water partition coefficient (Wildman–Crippen LogP) is -1.45. The smallest absolute Gasteiger partial charge is 0.416 e. The maximum absolute atomic E-state index is 12.3. The van der Waals surface area contributed by atoms with Crippen LogP contribution in [0.4, 0.5) is 4.79 Å². The summed E-state index contributed by atoms with van der Waals surface area (Å²) in [4.78, 5) is 14.2. The lowest BCUT2D eigenvalue weighted by Crippen LogP contribution is -3.00. The average Bonchev–Trinajstić information content (AvgIpc) is 2.90. The number of halogens is 1. The van der Waals surface area contributed by atoms with Crippen LogP contribution in [0.25, 0.3) is 0 Å². The number of carbonyl (C=O) groups is 1. The van der Waals surface area contributed by atoms with Gasteiger partial charge < -0.3 is 28.9 Å². The van der Waals surface area contributed by atoms with Gasteiger partial charge in [-0.3, -0.25) is 0 Å². The number of hydrogen-bond donors (Lipinski definition) is 0. The van der Waals surface area contributed by atoms with Crippen molar-refractivity contribution in [1.82, 2.24) is 9.47 Å². The van der Waals surface area contributed by atoms with Gasteiger partial charge in [0.1, 0.15) is 12.4 Å². The topological polar surface area (TPSA) is 29.1 Å².